The van der Waals surface area contributed by atoms with Crippen molar-refractivity contribution >= 4 is 63.3 Å². The molecule has 1 saturated carbocycles. The van der Waals surface area contributed by atoms with Crippen LogP contribution in [0.5, 0.6) is 0 Å². The zero-order valence-corrected chi connectivity index (χ0v) is 34.7. The van der Waals surface area contributed by atoms with Crippen molar-refractivity contribution in [3.05, 3.63) is 70.4 Å². The summed E-state index contributed by atoms with van der Waals surface area (Å²) >= 11 is 0. The summed E-state index contributed by atoms with van der Waals surface area (Å²) in [5, 5.41) is 13.5. The van der Waals surface area contributed by atoms with Crippen LogP contribution in [0.25, 0.3) is 16.7 Å². The van der Waals surface area contributed by atoms with Gasteiger partial charge in [-0.2, -0.15) is 0 Å². The molecule has 7 heterocycles. The van der Waals surface area contributed by atoms with E-state index in [0.29, 0.717) is 29.2 Å². The zero-order valence-electron chi connectivity index (χ0n) is 34.7. The first-order valence-electron chi connectivity index (χ1n) is 21.5. The third-order valence-corrected chi connectivity index (χ3v) is 13.0. The van der Waals surface area contributed by atoms with E-state index in [1.165, 1.54) is 28.7 Å². The average molecular weight is 818 g/mol. The number of amides is 2. The molecular formula is C44H55N11O5. The molecule has 16 heteroatoms. The van der Waals surface area contributed by atoms with Gasteiger partial charge in [-0.3, -0.25) is 28.8 Å². The molecule has 4 fully saturated rings. The number of benzene rings is 2. The number of piperidine rings is 3. The van der Waals surface area contributed by atoms with Crippen molar-refractivity contribution in [1.82, 2.24) is 34.4 Å². The Morgan fingerprint density at radius 3 is 2.45 bits per heavy atom. The van der Waals surface area contributed by atoms with Gasteiger partial charge in [-0.05, 0) is 94.7 Å². The molecule has 0 radical (unpaired) electrons. The monoisotopic (exact) mass is 817 g/mol. The fraction of sp³-hybridized carbons (Fsp3) is 0.500. The van der Waals surface area contributed by atoms with Crippen LogP contribution in [0.15, 0.2) is 53.5 Å². The number of fused-ring (bicyclic) bond motifs is 3. The van der Waals surface area contributed by atoms with Crippen molar-refractivity contribution < 1.29 is 19.1 Å². The van der Waals surface area contributed by atoms with Crippen LogP contribution in [0.1, 0.15) is 73.5 Å². The van der Waals surface area contributed by atoms with Gasteiger partial charge in [-0.25, -0.2) is 14.3 Å². The van der Waals surface area contributed by atoms with Gasteiger partial charge in [0.25, 0.3) is 0 Å². The second-order valence-electron chi connectivity index (χ2n) is 16.8. The van der Waals surface area contributed by atoms with Crippen LogP contribution in [0.4, 0.5) is 28.6 Å². The fourth-order valence-electron chi connectivity index (χ4n) is 9.39. The summed E-state index contributed by atoms with van der Waals surface area (Å²) in [6, 6.07) is 14.7. The van der Waals surface area contributed by atoms with Crippen LogP contribution in [0.2, 0.25) is 0 Å². The number of aromatic nitrogens is 5. The van der Waals surface area contributed by atoms with Gasteiger partial charge in [0.1, 0.15) is 11.7 Å². The van der Waals surface area contributed by atoms with E-state index in [1.807, 2.05) is 38.4 Å². The Morgan fingerprint density at radius 1 is 0.900 bits per heavy atom. The van der Waals surface area contributed by atoms with Crippen LogP contribution in [-0.2, 0) is 27.8 Å². The van der Waals surface area contributed by atoms with Crippen LogP contribution in [0, 0.1) is 5.92 Å². The Hall–Kier alpha value is -5.74. The first-order valence-corrected chi connectivity index (χ1v) is 21.5. The highest BCUT2D eigenvalue weighted by Gasteiger charge is 2.33. The Balaban J connectivity index is 0.000000863. The van der Waals surface area contributed by atoms with Crippen LogP contribution < -0.4 is 36.3 Å². The first kappa shape index (κ1) is 39.7. The molecule has 16 nitrogen and oxygen atoms in total. The molecule has 3 saturated heterocycles. The third kappa shape index (κ3) is 7.62. The Bertz CT molecular complexity index is 2480. The SMILES string of the molecule is CNC1CC1.CNc1cc(N2CCc3c(N4CCCC(OCC5CCN(c6ccc7c(c6)n(C)c(=O)n7C6CCC(=O)NC6=O)CC5)C4)cccc32)nn2c(C=O)cnc12. The summed E-state index contributed by atoms with van der Waals surface area (Å²) in [5.74, 6) is 0.531. The van der Waals surface area contributed by atoms with Crippen molar-refractivity contribution in [2.75, 3.05) is 73.4 Å². The highest BCUT2D eigenvalue weighted by atomic mass is 16.5. The van der Waals surface area contributed by atoms with E-state index >= 15 is 0 Å². The summed E-state index contributed by atoms with van der Waals surface area (Å²) in [7, 11) is 5.60. The number of imide groups is 1. The van der Waals surface area contributed by atoms with Gasteiger partial charge >= 0.3 is 5.69 Å². The number of rotatable bonds is 10. The van der Waals surface area contributed by atoms with Crippen LogP contribution in [-0.4, -0.2) is 107 Å². The zero-order chi connectivity index (χ0) is 41.5. The van der Waals surface area contributed by atoms with Gasteiger partial charge in [0.05, 0.1) is 29.0 Å². The molecule has 5 aliphatic rings. The fourth-order valence-corrected chi connectivity index (χ4v) is 9.39. The summed E-state index contributed by atoms with van der Waals surface area (Å²) in [4.78, 5) is 60.7. The molecule has 3 N–H and O–H groups in total. The average Bonchev–Trinajstić information content (AvgIpc) is 3.80. The molecule has 2 atom stereocenters. The van der Waals surface area contributed by atoms with Crippen LogP contribution in [0.3, 0.4) is 0 Å². The molecule has 3 aromatic heterocycles. The minimum absolute atomic E-state index is 0.169. The van der Waals surface area contributed by atoms with Crippen molar-refractivity contribution in [1.29, 1.82) is 0 Å². The van der Waals surface area contributed by atoms with Gasteiger partial charge in [0.15, 0.2) is 17.8 Å². The third-order valence-electron chi connectivity index (χ3n) is 13.0. The summed E-state index contributed by atoms with van der Waals surface area (Å²) in [5.41, 5.74) is 7.86. The lowest BCUT2D eigenvalue weighted by molar-refractivity contribution is -0.135. The molecule has 2 unspecified atom stereocenters. The second-order valence-corrected chi connectivity index (χ2v) is 16.8. The van der Waals surface area contributed by atoms with E-state index in [9.17, 15) is 19.2 Å². The largest absolute Gasteiger partial charge is 0.385 e. The molecule has 316 valence electrons. The minimum Gasteiger partial charge on any atom is -0.385 e. The Labute approximate surface area is 348 Å². The number of carbonyl (C=O) groups excluding carboxylic acids is 3. The van der Waals surface area contributed by atoms with Crippen molar-refractivity contribution in [2.45, 2.75) is 76.0 Å². The van der Waals surface area contributed by atoms with Gasteiger partial charge in [-0.1, -0.05) is 6.07 Å². The van der Waals surface area contributed by atoms with Gasteiger partial charge in [0.2, 0.25) is 11.8 Å². The predicted octanol–water partition coefficient (Wildman–Crippen LogP) is 4.18. The van der Waals surface area contributed by atoms with E-state index in [-0.39, 0.29) is 24.1 Å². The van der Waals surface area contributed by atoms with E-state index in [0.717, 1.165) is 112 Å². The maximum Gasteiger partial charge on any atom is 0.329 e. The maximum absolute atomic E-state index is 13.2. The van der Waals surface area contributed by atoms with E-state index in [2.05, 4.69) is 53.8 Å². The molecule has 0 bridgehead atoms. The number of ether oxygens (including phenoxy) is 1. The number of nitrogens with one attached hydrogen (secondary N) is 3. The van der Waals surface area contributed by atoms with E-state index < -0.39 is 11.9 Å². The Kier molecular flexibility index (Phi) is 11.1. The van der Waals surface area contributed by atoms with Crippen molar-refractivity contribution in [3.63, 3.8) is 0 Å². The number of imidazole rings is 2. The second kappa shape index (κ2) is 16.7. The number of nitrogens with zero attached hydrogens (tertiary/aromatic N) is 8. The number of aryl methyl sites for hydroxylation is 1. The summed E-state index contributed by atoms with van der Waals surface area (Å²) in [6.07, 6.45) is 10.9. The Morgan fingerprint density at radius 2 is 1.72 bits per heavy atom. The molecular weight excluding hydrogens is 763 g/mol. The number of anilines is 5. The van der Waals surface area contributed by atoms with E-state index in [1.54, 1.807) is 22.3 Å². The summed E-state index contributed by atoms with van der Waals surface area (Å²) < 4.78 is 11.4. The lowest BCUT2D eigenvalue weighted by Crippen LogP contribution is -2.44. The number of hydrogen-bond donors (Lipinski definition) is 3. The highest BCUT2D eigenvalue weighted by molar-refractivity contribution is 6.00. The summed E-state index contributed by atoms with van der Waals surface area (Å²) in [6.45, 7) is 5.20. The quantitative estimate of drug-likeness (QED) is 0.136. The number of carbonyl (C=O) groups is 3. The molecule has 10 rings (SSSR count). The molecule has 0 spiro atoms. The number of aldehydes is 1. The van der Waals surface area contributed by atoms with Crippen molar-refractivity contribution in [3.8, 4) is 0 Å². The topological polar surface area (TPSA) is 163 Å². The molecule has 5 aromatic rings. The van der Waals surface area contributed by atoms with E-state index in [4.69, 9.17) is 9.84 Å². The highest BCUT2D eigenvalue weighted by Crippen LogP contribution is 2.41. The lowest BCUT2D eigenvalue weighted by Gasteiger charge is -2.37. The number of hydrogen-bond acceptors (Lipinski definition) is 12. The molecule has 60 heavy (non-hydrogen) atoms. The van der Waals surface area contributed by atoms with Gasteiger partial charge in [0, 0.05) is 94.6 Å². The van der Waals surface area contributed by atoms with Gasteiger partial charge in [-0.15, -0.1) is 5.10 Å². The first-order chi connectivity index (χ1) is 29.2. The maximum atomic E-state index is 13.2. The predicted molar refractivity (Wildman–Crippen MR) is 232 cm³/mol. The molecule has 4 aliphatic heterocycles. The molecule has 2 aromatic carbocycles. The molecule has 1 aliphatic carbocycles. The van der Waals surface area contributed by atoms with Gasteiger partial charge < -0.3 is 30.1 Å². The normalized spacial score (nSPS) is 20.9. The van der Waals surface area contributed by atoms with Crippen LogP contribution >= 0.6 is 0 Å². The standard InChI is InChI=1S/C40H46N10O5.C4H9N/c1-41-30-20-36(44-50-27(23-51)21-42-38(30)50)48-18-14-29-31(6-3-7-32(29)48)47-15-4-5-28(22-47)55-24-25-12-16-46(17-13-25)26-8-9-33-35(19-26)45(2)40(54)49(33)34-10-11-37(52)43-39(34)53;1-5-4-2-3-4/h3,6-9,19-21,23,25,28,34,41H,4-5,10-18,22,24H2,1-2H3,(H,43,52,53);4-5H,2-3H2,1H3. The van der Waals surface area contributed by atoms with Crippen molar-refractivity contribution in [2.24, 2.45) is 13.0 Å². The smallest absolute Gasteiger partial charge is 0.329 e. The lowest BCUT2D eigenvalue weighted by atomic mass is 9.97. The molecule has 2 amide bonds. The minimum atomic E-state index is -0.690.